The van der Waals surface area contributed by atoms with Gasteiger partial charge >= 0.3 is 11.9 Å². The quantitative estimate of drug-likeness (QED) is 0.714. The molecule has 0 atom stereocenters. The van der Waals surface area contributed by atoms with Gasteiger partial charge < -0.3 is 10.2 Å². The highest BCUT2D eigenvalue weighted by molar-refractivity contribution is 5.99. The van der Waals surface area contributed by atoms with Gasteiger partial charge in [0.1, 0.15) is 0 Å². The van der Waals surface area contributed by atoms with Crippen LogP contribution >= 0.6 is 0 Å². The summed E-state index contributed by atoms with van der Waals surface area (Å²) in [6.07, 6.45) is 0.704. The summed E-state index contributed by atoms with van der Waals surface area (Å²) < 4.78 is 0. The standard InChI is InChI=1S/C19H16O6/c20-16(12-4-8-14(9-5-12)18(22)23)2-1-3-17(21)13-6-10-15(11-7-13)19(24)25/h4-11H,1-3H2,(H,22,23)(H,24,25). The number of carbonyl (C=O) groups excluding carboxylic acids is 2. The molecule has 0 saturated heterocycles. The molecule has 0 radical (unpaired) electrons. The molecule has 0 saturated carbocycles. The van der Waals surface area contributed by atoms with E-state index >= 15 is 0 Å². The fraction of sp³-hybridized carbons (Fsp3) is 0.158. The van der Waals surface area contributed by atoms with Crippen molar-refractivity contribution in [1.82, 2.24) is 0 Å². The van der Waals surface area contributed by atoms with Crippen LogP contribution in [0.15, 0.2) is 48.5 Å². The van der Waals surface area contributed by atoms with Crippen LogP contribution in [0.5, 0.6) is 0 Å². The first kappa shape index (κ1) is 18.1. The molecule has 2 rings (SSSR count). The normalized spacial score (nSPS) is 10.2. The summed E-state index contributed by atoms with van der Waals surface area (Å²) in [6.45, 7) is 0. The number of Topliss-reactive ketones (excluding diaryl/α,β-unsaturated/α-hetero) is 2. The average Bonchev–Trinajstić information content (AvgIpc) is 2.61. The van der Waals surface area contributed by atoms with E-state index < -0.39 is 11.9 Å². The van der Waals surface area contributed by atoms with Gasteiger partial charge in [0, 0.05) is 24.0 Å². The molecule has 25 heavy (non-hydrogen) atoms. The van der Waals surface area contributed by atoms with Gasteiger partial charge in [-0.15, -0.1) is 0 Å². The summed E-state index contributed by atoms with van der Waals surface area (Å²) >= 11 is 0. The number of hydrogen-bond donors (Lipinski definition) is 2. The maximum atomic E-state index is 12.0. The van der Waals surface area contributed by atoms with E-state index in [1.165, 1.54) is 48.5 Å². The predicted molar refractivity (Wildman–Crippen MR) is 89.3 cm³/mol. The Labute approximate surface area is 143 Å². The molecule has 2 aromatic rings. The highest BCUT2D eigenvalue weighted by atomic mass is 16.4. The first-order valence-electron chi connectivity index (χ1n) is 7.61. The third kappa shape index (κ3) is 4.84. The Morgan fingerprint density at radius 2 is 0.840 bits per heavy atom. The Hall–Kier alpha value is -3.28. The summed E-state index contributed by atoms with van der Waals surface area (Å²) in [5.74, 6) is -2.44. The van der Waals surface area contributed by atoms with E-state index in [1.54, 1.807) is 0 Å². The second kappa shape index (κ2) is 8.01. The lowest BCUT2D eigenvalue weighted by atomic mass is 10.0. The van der Waals surface area contributed by atoms with Crippen LogP contribution in [0.2, 0.25) is 0 Å². The molecule has 0 spiro atoms. The second-order valence-electron chi connectivity index (χ2n) is 5.46. The highest BCUT2D eigenvalue weighted by Gasteiger charge is 2.11. The highest BCUT2D eigenvalue weighted by Crippen LogP contribution is 2.12. The summed E-state index contributed by atoms with van der Waals surface area (Å²) in [7, 11) is 0. The Balaban J connectivity index is 1.86. The van der Waals surface area contributed by atoms with E-state index in [2.05, 4.69) is 0 Å². The zero-order valence-electron chi connectivity index (χ0n) is 13.3. The maximum Gasteiger partial charge on any atom is 0.335 e. The van der Waals surface area contributed by atoms with Gasteiger partial charge in [-0.25, -0.2) is 9.59 Å². The molecule has 0 heterocycles. The molecular weight excluding hydrogens is 324 g/mol. The minimum absolute atomic E-state index is 0.108. The molecular formula is C19H16O6. The van der Waals surface area contributed by atoms with Crippen molar-refractivity contribution < 1.29 is 29.4 Å². The van der Waals surface area contributed by atoms with Crippen LogP contribution in [0.25, 0.3) is 0 Å². The number of aromatic carboxylic acids is 2. The van der Waals surface area contributed by atoms with E-state index in [0.29, 0.717) is 17.5 Å². The van der Waals surface area contributed by atoms with Crippen LogP contribution in [0.3, 0.4) is 0 Å². The lowest BCUT2D eigenvalue weighted by Crippen LogP contribution is -2.04. The van der Waals surface area contributed by atoms with Gasteiger partial charge in [-0.1, -0.05) is 24.3 Å². The smallest absolute Gasteiger partial charge is 0.335 e. The number of benzene rings is 2. The first-order valence-corrected chi connectivity index (χ1v) is 7.61. The van der Waals surface area contributed by atoms with Gasteiger partial charge in [0.15, 0.2) is 11.6 Å². The molecule has 0 aliphatic heterocycles. The van der Waals surface area contributed by atoms with Crippen LogP contribution in [-0.2, 0) is 0 Å². The van der Waals surface area contributed by atoms with Crippen molar-refractivity contribution in [2.24, 2.45) is 0 Å². The third-order valence-corrected chi connectivity index (χ3v) is 3.72. The monoisotopic (exact) mass is 340 g/mol. The number of hydrogen-bond acceptors (Lipinski definition) is 4. The molecule has 0 amide bonds. The first-order chi connectivity index (χ1) is 11.9. The number of rotatable bonds is 8. The molecule has 0 unspecified atom stereocenters. The summed E-state index contributed by atoms with van der Waals surface area (Å²) in [6, 6.07) is 11.3. The maximum absolute atomic E-state index is 12.0. The number of carboxylic acids is 2. The van der Waals surface area contributed by atoms with Crippen LogP contribution in [0.1, 0.15) is 60.7 Å². The van der Waals surface area contributed by atoms with Gasteiger partial charge in [-0.2, -0.15) is 0 Å². The minimum Gasteiger partial charge on any atom is -0.478 e. The van der Waals surface area contributed by atoms with Gasteiger partial charge in [0.25, 0.3) is 0 Å². The Bertz CT molecular complexity index is 733. The van der Waals surface area contributed by atoms with Crippen LogP contribution in [-0.4, -0.2) is 33.7 Å². The van der Waals surface area contributed by atoms with E-state index in [4.69, 9.17) is 10.2 Å². The van der Waals surface area contributed by atoms with Crippen molar-refractivity contribution >= 4 is 23.5 Å². The lowest BCUT2D eigenvalue weighted by molar-refractivity contribution is 0.0686. The molecule has 0 bridgehead atoms. The Morgan fingerprint density at radius 3 is 1.12 bits per heavy atom. The molecule has 0 fully saturated rings. The van der Waals surface area contributed by atoms with Gasteiger partial charge in [-0.3, -0.25) is 9.59 Å². The van der Waals surface area contributed by atoms with Gasteiger partial charge in [0.2, 0.25) is 0 Å². The summed E-state index contributed by atoms with van der Waals surface area (Å²) in [5.41, 5.74) is 1.03. The minimum atomic E-state index is -1.06. The van der Waals surface area contributed by atoms with Crippen molar-refractivity contribution in [3.8, 4) is 0 Å². The third-order valence-electron chi connectivity index (χ3n) is 3.72. The summed E-state index contributed by atoms with van der Waals surface area (Å²) in [4.78, 5) is 45.6. The van der Waals surface area contributed by atoms with Gasteiger partial charge in [0.05, 0.1) is 11.1 Å². The molecule has 0 aliphatic carbocycles. The van der Waals surface area contributed by atoms with E-state index in [1.807, 2.05) is 0 Å². The van der Waals surface area contributed by atoms with Crippen LogP contribution in [0.4, 0.5) is 0 Å². The number of carboxylic acid groups (broad SMARTS) is 2. The molecule has 2 N–H and O–H groups in total. The molecule has 128 valence electrons. The number of carbonyl (C=O) groups is 4. The van der Waals surface area contributed by atoms with Crippen molar-refractivity contribution in [3.63, 3.8) is 0 Å². The molecule has 6 heteroatoms. The van der Waals surface area contributed by atoms with Gasteiger partial charge in [-0.05, 0) is 30.7 Å². The second-order valence-corrected chi connectivity index (χ2v) is 5.46. The molecule has 0 aromatic heterocycles. The van der Waals surface area contributed by atoms with Crippen LogP contribution in [0, 0.1) is 0 Å². The molecule has 0 aliphatic rings. The molecule has 2 aromatic carbocycles. The lowest BCUT2D eigenvalue weighted by Gasteiger charge is -2.03. The largest absolute Gasteiger partial charge is 0.478 e. The van der Waals surface area contributed by atoms with Crippen molar-refractivity contribution in [2.75, 3.05) is 0 Å². The average molecular weight is 340 g/mol. The number of ketones is 2. The fourth-order valence-electron chi connectivity index (χ4n) is 2.30. The Kier molecular flexibility index (Phi) is 5.79. The van der Waals surface area contributed by atoms with Crippen molar-refractivity contribution in [1.29, 1.82) is 0 Å². The zero-order chi connectivity index (χ0) is 18.4. The topological polar surface area (TPSA) is 109 Å². The van der Waals surface area contributed by atoms with Crippen molar-refractivity contribution in [3.05, 3.63) is 70.8 Å². The molecule has 6 nitrogen and oxygen atoms in total. The van der Waals surface area contributed by atoms with Crippen molar-refractivity contribution in [2.45, 2.75) is 19.3 Å². The SMILES string of the molecule is O=C(O)c1ccc(C(=O)CCCC(=O)c2ccc(C(=O)O)cc2)cc1. The predicted octanol–water partition coefficient (Wildman–Crippen LogP) is 3.32. The van der Waals surface area contributed by atoms with E-state index in [-0.39, 0.29) is 35.5 Å². The van der Waals surface area contributed by atoms with E-state index in [0.717, 1.165) is 0 Å². The Morgan fingerprint density at radius 1 is 0.560 bits per heavy atom. The fourth-order valence-corrected chi connectivity index (χ4v) is 2.30. The van der Waals surface area contributed by atoms with E-state index in [9.17, 15) is 19.2 Å². The zero-order valence-corrected chi connectivity index (χ0v) is 13.3. The van der Waals surface area contributed by atoms with Crippen LogP contribution < -0.4 is 0 Å². The summed E-state index contributed by atoms with van der Waals surface area (Å²) in [5, 5.41) is 17.6.